The van der Waals surface area contributed by atoms with Gasteiger partial charge in [-0.05, 0) is 37.0 Å². The van der Waals surface area contributed by atoms with Crippen LogP contribution in [0.5, 0.6) is 0 Å². The van der Waals surface area contributed by atoms with Crippen LogP contribution in [-0.2, 0) is 0 Å². The summed E-state index contributed by atoms with van der Waals surface area (Å²) in [5.74, 6) is 0. The van der Waals surface area contributed by atoms with Gasteiger partial charge in [0, 0.05) is 18.5 Å². The molecule has 1 aliphatic rings. The van der Waals surface area contributed by atoms with E-state index >= 15 is 0 Å². The molecule has 1 unspecified atom stereocenters. The maximum atomic E-state index is 12.8. The van der Waals surface area contributed by atoms with Crippen molar-refractivity contribution in [2.24, 2.45) is 0 Å². The summed E-state index contributed by atoms with van der Waals surface area (Å²) in [7, 11) is 0. The summed E-state index contributed by atoms with van der Waals surface area (Å²) in [5.41, 5.74) is 2.85. The van der Waals surface area contributed by atoms with Gasteiger partial charge in [0.05, 0.1) is 17.3 Å². The molecule has 4 heteroatoms. The van der Waals surface area contributed by atoms with Gasteiger partial charge in [-0.3, -0.25) is 4.98 Å². The van der Waals surface area contributed by atoms with Crippen molar-refractivity contribution < 1.29 is 4.79 Å². The minimum absolute atomic E-state index is 0.00601. The summed E-state index contributed by atoms with van der Waals surface area (Å²) in [5, 5.41) is 4.31. The van der Waals surface area contributed by atoms with Crippen molar-refractivity contribution in [1.82, 2.24) is 15.2 Å². The number of nitrogens with one attached hydrogen (secondary N) is 1. The average molecular weight is 345 g/mol. The summed E-state index contributed by atoms with van der Waals surface area (Å²) >= 11 is 0. The number of carbonyl (C=O) groups excluding carboxylic acids is 1. The second-order valence-electron chi connectivity index (χ2n) is 6.77. The van der Waals surface area contributed by atoms with Gasteiger partial charge in [0.1, 0.15) is 0 Å². The first-order chi connectivity index (χ1) is 12.8. The molecule has 0 saturated carbocycles. The average Bonchev–Trinajstić information content (AvgIpc) is 2.73. The third kappa shape index (κ3) is 3.54. The molecule has 1 saturated heterocycles. The fourth-order valence-corrected chi connectivity index (χ4v) is 3.53. The van der Waals surface area contributed by atoms with Crippen LogP contribution in [0.2, 0.25) is 0 Å². The molecule has 0 radical (unpaired) electrons. The second kappa shape index (κ2) is 7.56. The maximum Gasteiger partial charge on any atom is 0.318 e. The molecule has 1 atom stereocenters. The Kier molecular flexibility index (Phi) is 4.82. The summed E-state index contributed by atoms with van der Waals surface area (Å²) < 4.78 is 0. The molecule has 4 nitrogen and oxygen atoms in total. The van der Waals surface area contributed by atoms with Crippen LogP contribution in [-0.4, -0.2) is 29.0 Å². The molecular formula is C22H23N3O. The van der Waals surface area contributed by atoms with E-state index in [0.29, 0.717) is 0 Å². The van der Waals surface area contributed by atoms with Gasteiger partial charge in [-0.1, -0.05) is 54.6 Å². The zero-order valence-electron chi connectivity index (χ0n) is 14.8. The third-order valence-electron chi connectivity index (χ3n) is 4.96. The standard InChI is InChI=1S/C22H23N3O/c26-22(25-15-7-2-8-16-25)24-21(18-10-3-1-4-11-18)20-14-13-17-9-5-6-12-19(17)23-20/h1,3-6,9-14,21H,2,7-8,15-16H2,(H,24,26). The Morgan fingerprint density at radius 1 is 0.885 bits per heavy atom. The normalized spacial score (nSPS) is 15.6. The van der Waals surface area contributed by atoms with Crippen LogP contribution in [0.15, 0.2) is 66.7 Å². The van der Waals surface area contributed by atoms with E-state index in [9.17, 15) is 4.79 Å². The van der Waals surface area contributed by atoms with Gasteiger partial charge < -0.3 is 10.2 Å². The lowest BCUT2D eigenvalue weighted by molar-refractivity contribution is 0.184. The molecular weight excluding hydrogens is 322 g/mol. The molecule has 0 bridgehead atoms. The van der Waals surface area contributed by atoms with E-state index in [0.717, 1.165) is 48.1 Å². The molecule has 1 aliphatic heterocycles. The minimum atomic E-state index is -0.254. The highest BCUT2D eigenvalue weighted by Crippen LogP contribution is 2.23. The van der Waals surface area contributed by atoms with Crippen LogP contribution in [0.1, 0.15) is 36.6 Å². The van der Waals surface area contributed by atoms with Gasteiger partial charge in [0.25, 0.3) is 0 Å². The van der Waals surface area contributed by atoms with E-state index in [2.05, 4.69) is 17.4 Å². The Morgan fingerprint density at radius 2 is 1.62 bits per heavy atom. The first-order valence-electron chi connectivity index (χ1n) is 9.27. The number of piperidine rings is 1. The summed E-state index contributed by atoms with van der Waals surface area (Å²) in [4.78, 5) is 19.5. The van der Waals surface area contributed by atoms with Crippen LogP contribution in [0.3, 0.4) is 0 Å². The fraction of sp³-hybridized carbons (Fsp3) is 0.273. The van der Waals surface area contributed by atoms with Crippen molar-refractivity contribution >= 4 is 16.9 Å². The number of likely N-dealkylation sites (tertiary alicyclic amines) is 1. The number of aromatic nitrogens is 1. The van der Waals surface area contributed by atoms with E-state index in [-0.39, 0.29) is 12.1 Å². The lowest BCUT2D eigenvalue weighted by atomic mass is 10.0. The number of para-hydroxylation sites is 1. The quantitative estimate of drug-likeness (QED) is 0.758. The van der Waals surface area contributed by atoms with Gasteiger partial charge in [-0.15, -0.1) is 0 Å². The summed E-state index contributed by atoms with van der Waals surface area (Å²) in [6, 6.07) is 21.9. The van der Waals surface area contributed by atoms with Gasteiger partial charge in [-0.25, -0.2) is 4.79 Å². The van der Waals surface area contributed by atoms with E-state index in [1.165, 1.54) is 6.42 Å². The number of hydrogen-bond acceptors (Lipinski definition) is 2. The number of pyridine rings is 1. The Labute approximate surface area is 153 Å². The van der Waals surface area contributed by atoms with Crippen molar-refractivity contribution in [3.8, 4) is 0 Å². The molecule has 1 aromatic heterocycles. The molecule has 1 fully saturated rings. The number of benzene rings is 2. The molecule has 0 spiro atoms. The van der Waals surface area contributed by atoms with Crippen LogP contribution in [0.4, 0.5) is 4.79 Å². The van der Waals surface area contributed by atoms with Gasteiger partial charge in [-0.2, -0.15) is 0 Å². The largest absolute Gasteiger partial charge is 0.325 e. The van der Waals surface area contributed by atoms with Crippen LogP contribution in [0.25, 0.3) is 10.9 Å². The first-order valence-corrected chi connectivity index (χ1v) is 9.27. The first kappa shape index (κ1) is 16.6. The Hall–Kier alpha value is -2.88. The molecule has 2 aromatic carbocycles. The van der Waals surface area contributed by atoms with Gasteiger partial charge in [0.15, 0.2) is 0 Å². The molecule has 3 aromatic rings. The van der Waals surface area contributed by atoms with E-state index in [1.807, 2.05) is 59.5 Å². The monoisotopic (exact) mass is 345 g/mol. The van der Waals surface area contributed by atoms with Crippen LogP contribution < -0.4 is 5.32 Å². The summed E-state index contributed by atoms with van der Waals surface area (Å²) in [6.45, 7) is 1.66. The molecule has 2 amide bonds. The lowest BCUT2D eigenvalue weighted by Crippen LogP contribution is -2.44. The number of hydrogen-bond donors (Lipinski definition) is 1. The lowest BCUT2D eigenvalue weighted by Gasteiger charge is -2.29. The Balaban J connectivity index is 1.66. The van der Waals surface area contributed by atoms with E-state index in [1.54, 1.807) is 0 Å². The highest BCUT2D eigenvalue weighted by molar-refractivity contribution is 5.79. The zero-order chi connectivity index (χ0) is 17.8. The van der Waals surface area contributed by atoms with E-state index in [4.69, 9.17) is 4.98 Å². The molecule has 26 heavy (non-hydrogen) atoms. The number of urea groups is 1. The summed E-state index contributed by atoms with van der Waals surface area (Å²) in [6.07, 6.45) is 3.37. The van der Waals surface area contributed by atoms with E-state index < -0.39 is 0 Å². The number of nitrogens with zero attached hydrogens (tertiary/aromatic N) is 2. The Bertz CT molecular complexity index is 888. The highest BCUT2D eigenvalue weighted by atomic mass is 16.2. The minimum Gasteiger partial charge on any atom is -0.325 e. The SMILES string of the molecule is O=C(NC(c1ccccc1)c1ccc2ccccc2n1)N1CCCCC1. The van der Waals surface area contributed by atoms with Crippen molar-refractivity contribution in [2.75, 3.05) is 13.1 Å². The van der Waals surface area contributed by atoms with Crippen molar-refractivity contribution in [1.29, 1.82) is 0 Å². The van der Waals surface area contributed by atoms with Crippen molar-refractivity contribution in [3.05, 3.63) is 78.0 Å². The third-order valence-corrected chi connectivity index (χ3v) is 4.96. The van der Waals surface area contributed by atoms with Crippen LogP contribution in [0, 0.1) is 0 Å². The molecule has 132 valence electrons. The molecule has 0 aliphatic carbocycles. The number of carbonyl (C=O) groups is 1. The van der Waals surface area contributed by atoms with Gasteiger partial charge in [0.2, 0.25) is 0 Å². The van der Waals surface area contributed by atoms with Gasteiger partial charge >= 0.3 is 6.03 Å². The predicted molar refractivity (Wildman–Crippen MR) is 104 cm³/mol. The van der Waals surface area contributed by atoms with Crippen LogP contribution >= 0.6 is 0 Å². The Morgan fingerprint density at radius 3 is 2.42 bits per heavy atom. The number of amides is 2. The van der Waals surface area contributed by atoms with Crippen molar-refractivity contribution in [2.45, 2.75) is 25.3 Å². The smallest absolute Gasteiger partial charge is 0.318 e. The highest BCUT2D eigenvalue weighted by Gasteiger charge is 2.23. The maximum absolute atomic E-state index is 12.8. The number of fused-ring (bicyclic) bond motifs is 1. The predicted octanol–water partition coefficient (Wildman–Crippen LogP) is 4.52. The number of rotatable bonds is 3. The molecule has 4 rings (SSSR count). The second-order valence-corrected chi connectivity index (χ2v) is 6.77. The molecule has 2 heterocycles. The topological polar surface area (TPSA) is 45.2 Å². The fourth-order valence-electron chi connectivity index (χ4n) is 3.53. The molecule has 1 N–H and O–H groups in total. The van der Waals surface area contributed by atoms with Crippen molar-refractivity contribution in [3.63, 3.8) is 0 Å². The zero-order valence-corrected chi connectivity index (χ0v) is 14.8.